The number of rotatable bonds is 4. The Balaban J connectivity index is 1.36. The monoisotopic (exact) mass is 450 g/mol. The standard InChI is InChI=1S/C20H17F3N4O3S/c21-20(22,23)13-1-4-18(24-11-13)26-7-5-14(6-8-26)25-19(28)17-10-12-9-15(27(29)30)2-3-16(12)31-17/h1-4,9-11,14H,5-8H2,(H,25,28). The van der Waals surface area contributed by atoms with Crippen molar-refractivity contribution in [3.05, 3.63) is 63.1 Å². The molecule has 1 N–H and O–H groups in total. The van der Waals surface area contributed by atoms with E-state index in [4.69, 9.17) is 0 Å². The third-order valence-corrected chi connectivity index (χ3v) is 6.28. The summed E-state index contributed by atoms with van der Waals surface area (Å²) in [6.07, 6.45) is -2.33. The first kappa shape index (κ1) is 21.0. The maximum atomic E-state index is 12.7. The van der Waals surface area contributed by atoms with E-state index in [2.05, 4.69) is 10.3 Å². The van der Waals surface area contributed by atoms with Gasteiger partial charge < -0.3 is 10.2 Å². The predicted octanol–water partition coefficient (Wildman–Crippen LogP) is 4.62. The lowest BCUT2D eigenvalue weighted by Crippen LogP contribution is -2.44. The van der Waals surface area contributed by atoms with Gasteiger partial charge in [-0.1, -0.05) is 0 Å². The Hall–Kier alpha value is -3.21. The molecule has 3 heterocycles. The van der Waals surface area contributed by atoms with Crippen LogP contribution >= 0.6 is 11.3 Å². The fourth-order valence-corrected chi connectivity index (χ4v) is 4.45. The van der Waals surface area contributed by atoms with E-state index in [1.54, 1.807) is 12.1 Å². The molecule has 3 aromatic rings. The Bertz CT molecular complexity index is 1120. The van der Waals surface area contributed by atoms with E-state index >= 15 is 0 Å². The van der Waals surface area contributed by atoms with Crippen molar-refractivity contribution < 1.29 is 22.9 Å². The van der Waals surface area contributed by atoms with Gasteiger partial charge in [0, 0.05) is 47.5 Å². The van der Waals surface area contributed by atoms with Crippen LogP contribution < -0.4 is 10.2 Å². The fraction of sp³-hybridized carbons (Fsp3) is 0.300. The van der Waals surface area contributed by atoms with Crippen molar-refractivity contribution in [1.82, 2.24) is 10.3 Å². The molecule has 11 heteroatoms. The average Bonchev–Trinajstić information content (AvgIpc) is 3.17. The van der Waals surface area contributed by atoms with Gasteiger partial charge in [-0.05, 0) is 37.1 Å². The van der Waals surface area contributed by atoms with Crippen LogP contribution in [0.4, 0.5) is 24.7 Å². The van der Waals surface area contributed by atoms with Gasteiger partial charge in [0.05, 0.1) is 15.4 Å². The molecule has 1 amide bonds. The minimum atomic E-state index is -4.42. The molecule has 1 saturated heterocycles. The SMILES string of the molecule is O=C(NC1CCN(c2ccc(C(F)(F)F)cn2)CC1)c1cc2cc([N+](=O)[O-])ccc2s1. The lowest BCUT2D eigenvalue weighted by molar-refractivity contribution is -0.384. The van der Waals surface area contributed by atoms with Gasteiger partial charge in [0.25, 0.3) is 11.6 Å². The van der Waals surface area contributed by atoms with Crippen LogP contribution in [0, 0.1) is 10.1 Å². The molecule has 0 unspecified atom stereocenters. The number of piperidine rings is 1. The smallest absolute Gasteiger partial charge is 0.356 e. The highest BCUT2D eigenvalue weighted by atomic mass is 32.1. The molecule has 0 spiro atoms. The Kier molecular flexibility index (Phi) is 5.52. The van der Waals surface area contributed by atoms with Crippen molar-refractivity contribution in [3.8, 4) is 0 Å². The Morgan fingerprint density at radius 1 is 1.19 bits per heavy atom. The molecular formula is C20H17F3N4O3S. The van der Waals surface area contributed by atoms with Gasteiger partial charge in [0.1, 0.15) is 5.82 Å². The zero-order valence-corrected chi connectivity index (χ0v) is 16.9. The zero-order chi connectivity index (χ0) is 22.2. The molecule has 0 aliphatic carbocycles. The molecule has 31 heavy (non-hydrogen) atoms. The molecule has 7 nitrogen and oxygen atoms in total. The highest BCUT2D eigenvalue weighted by Gasteiger charge is 2.31. The largest absolute Gasteiger partial charge is 0.417 e. The first-order valence-electron chi connectivity index (χ1n) is 9.48. The van der Waals surface area contributed by atoms with Crippen LogP contribution in [0.1, 0.15) is 28.1 Å². The second kappa shape index (κ2) is 8.14. The van der Waals surface area contributed by atoms with Crippen LogP contribution in [0.3, 0.4) is 0 Å². The number of carbonyl (C=O) groups is 1. The van der Waals surface area contributed by atoms with Gasteiger partial charge >= 0.3 is 6.18 Å². The van der Waals surface area contributed by atoms with E-state index in [1.807, 2.05) is 4.90 Å². The molecule has 2 aromatic heterocycles. The van der Waals surface area contributed by atoms with E-state index in [0.29, 0.717) is 42.0 Å². The third-order valence-electron chi connectivity index (χ3n) is 5.16. The molecule has 1 aliphatic heterocycles. The van der Waals surface area contributed by atoms with Gasteiger partial charge in [0.2, 0.25) is 0 Å². The molecule has 162 valence electrons. The van der Waals surface area contributed by atoms with E-state index in [1.165, 1.54) is 29.5 Å². The average molecular weight is 450 g/mol. The first-order valence-corrected chi connectivity index (χ1v) is 10.3. The van der Waals surface area contributed by atoms with Crippen molar-refractivity contribution in [2.24, 2.45) is 0 Å². The molecule has 0 atom stereocenters. The fourth-order valence-electron chi connectivity index (χ4n) is 3.51. The number of hydrogen-bond donors (Lipinski definition) is 1. The molecule has 4 rings (SSSR count). The molecular weight excluding hydrogens is 433 g/mol. The first-order chi connectivity index (χ1) is 14.7. The minimum absolute atomic E-state index is 0.0264. The summed E-state index contributed by atoms with van der Waals surface area (Å²) < 4.78 is 38.8. The molecule has 1 fully saturated rings. The maximum absolute atomic E-state index is 12.7. The maximum Gasteiger partial charge on any atom is 0.417 e. The third kappa shape index (κ3) is 4.61. The number of pyridine rings is 1. The number of nitro groups is 1. The Morgan fingerprint density at radius 2 is 1.94 bits per heavy atom. The van der Waals surface area contributed by atoms with Crippen molar-refractivity contribution in [2.45, 2.75) is 25.1 Å². The van der Waals surface area contributed by atoms with Crippen molar-refractivity contribution in [2.75, 3.05) is 18.0 Å². The minimum Gasteiger partial charge on any atom is -0.356 e. The summed E-state index contributed by atoms with van der Waals surface area (Å²) in [5.41, 5.74) is -0.812. The van der Waals surface area contributed by atoms with Crippen LogP contribution in [-0.4, -0.2) is 34.9 Å². The van der Waals surface area contributed by atoms with Crippen LogP contribution in [0.5, 0.6) is 0 Å². The summed E-state index contributed by atoms with van der Waals surface area (Å²) in [4.78, 5) is 29.3. The summed E-state index contributed by atoms with van der Waals surface area (Å²) in [5, 5.41) is 14.5. The number of nitrogens with zero attached hydrogens (tertiary/aromatic N) is 3. The number of alkyl halides is 3. The number of nitro benzene ring substituents is 1. The van der Waals surface area contributed by atoms with Gasteiger partial charge in [-0.3, -0.25) is 14.9 Å². The van der Waals surface area contributed by atoms with Crippen LogP contribution in [0.2, 0.25) is 0 Å². The number of carbonyl (C=O) groups excluding carboxylic acids is 1. The van der Waals surface area contributed by atoms with E-state index in [9.17, 15) is 28.1 Å². The number of thiophene rings is 1. The number of nitrogens with one attached hydrogen (secondary N) is 1. The number of aromatic nitrogens is 1. The molecule has 1 aliphatic rings. The normalized spacial score (nSPS) is 15.3. The van der Waals surface area contributed by atoms with Gasteiger partial charge in [-0.15, -0.1) is 11.3 Å². The number of amides is 1. The molecule has 0 radical (unpaired) electrons. The number of benzene rings is 1. The summed E-state index contributed by atoms with van der Waals surface area (Å²) in [5.74, 6) is 0.235. The van der Waals surface area contributed by atoms with Gasteiger partial charge in [-0.25, -0.2) is 4.98 Å². The summed E-state index contributed by atoms with van der Waals surface area (Å²) in [6.45, 7) is 1.11. The number of fused-ring (bicyclic) bond motifs is 1. The van der Waals surface area contributed by atoms with Crippen molar-refractivity contribution in [3.63, 3.8) is 0 Å². The number of halogens is 3. The van der Waals surface area contributed by atoms with Gasteiger partial charge in [-0.2, -0.15) is 13.2 Å². The Labute approximate surface area is 178 Å². The van der Waals surface area contributed by atoms with E-state index in [-0.39, 0.29) is 17.6 Å². The number of anilines is 1. The molecule has 0 saturated carbocycles. The lowest BCUT2D eigenvalue weighted by atomic mass is 10.0. The second-order valence-electron chi connectivity index (χ2n) is 7.23. The highest BCUT2D eigenvalue weighted by Crippen LogP contribution is 2.31. The number of hydrogen-bond acceptors (Lipinski definition) is 6. The van der Waals surface area contributed by atoms with E-state index < -0.39 is 16.7 Å². The van der Waals surface area contributed by atoms with Crippen LogP contribution in [-0.2, 0) is 6.18 Å². The molecule has 0 bridgehead atoms. The summed E-state index contributed by atoms with van der Waals surface area (Å²) in [6, 6.07) is 8.43. The predicted molar refractivity (Wildman–Crippen MR) is 110 cm³/mol. The molecule has 1 aromatic carbocycles. The Morgan fingerprint density at radius 3 is 2.55 bits per heavy atom. The quantitative estimate of drug-likeness (QED) is 0.463. The number of non-ortho nitro benzene ring substituents is 1. The summed E-state index contributed by atoms with van der Waals surface area (Å²) >= 11 is 1.27. The summed E-state index contributed by atoms with van der Waals surface area (Å²) in [7, 11) is 0. The van der Waals surface area contributed by atoms with Crippen molar-refractivity contribution in [1.29, 1.82) is 0 Å². The topological polar surface area (TPSA) is 88.4 Å². The van der Waals surface area contributed by atoms with E-state index in [0.717, 1.165) is 17.0 Å². The van der Waals surface area contributed by atoms with Crippen LogP contribution in [0.25, 0.3) is 10.1 Å². The van der Waals surface area contributed by atoms with Crippen molar-refractivity contribution >= 4 is 38.8 Å². The lowest BCUT2D eigenvalue weighted by Gasteiger charge is -2.33. The zero-order valence-electron chi connectivity index (χ0n) is 16.1. The highest BCUT2D eigenvalue weighted by molar-refractivity contribution is 7.20. The second-order valence-corrected chi connectivity index (χ2v) is 8.31. The van der Waals surface area contributed by atoms with Crippen LogP contribution in [0.15, 0.2) is 42.6 Å². The van der Waals surface area contributed by atoms with Gasteiger partial charge in [0.15, 0.2) is 0 Å².